The van der Waals surface area contributed by atoms with E-state index in [9.17, 15) is 43.3 Å². The molecule has 1 aliphatic rings. The second kappa shape index (κ2) is 10.9. The van der Waals surface area contributed by atoms with Crippen LogP contribution in [0.4, 0.5) is 17.1 Å². The van der Waals surface area contributed by atoms with Gasteiger partial charge in [0.05, 0.1) is 44.7 Å². The van der Waals surface area contributed by atoms with Gasteiger partial charge in [-0.05, 0) is 36.4 Å². The molecule has 0 saturated heterocycles. The maximum atomic E-state index is 10.8. The normalized spacial score (nSPS) is 19.0. The van der Waals surface area contributed by atoms with Crippen LogP contribution in [0, 0.1) is 30.3 Å². The maximum Gasteiger partial charge on any atom is 0.300 e. The van der Waals surface area contributed by atoms with Gasteiger partial charge in [-0.15, -0.1) is 0 Å². The number of nitrogens with zero attached hydrogens (tertiary/aromatic N) is 3. The van der Waals surface area contributed by atoms with Crippen LogP contribution in [0.15, 0.2) is 17.0 Å². The van der Waals surface area contributed by atoms with Crippen molar-refractivity contribution in [1.29, 1.82) is 0 Å². The molecular formula is C15H21N3O9S3. The third-order valence-corrected chi connectivity index (χ3v) is 8.47. The number of non-ortho nitro benzene ring substituents is 1. The Balaban J connectivity index is 0.000000346. The molecule has 0 spiro atoms. The van der Waals surface area contributed by atoms with Crippen LogP contribution < -0.4 is 0 Å². The van der Waals surface area contributed by atoms with E-state index in [1.54, 1.807) is 0 Å². The highest BCUT2D eigenvalue weighted by Gasteiger charge is 2.34. The molecule has 1 aliphatic carbocycles. The molecule has 1 saturated carbocycles. The Hall–Kier alpha value is -1.97. The second-order valence-electron chi connectivity index (χ2n) is 6.52. The van der Waals surface area contributed by atoms with Gasteiger partial charge in [-0.2, -0.15) is 11.8 Å². The fourth-order valence-corrected chi connectivity index (χ4v) is 7.09. The van der Waals surface area contributed by atoms with Crippen LogP contribution in [-0.4, -0.2) is 57.0 Å². The van der Waals surface area contributed by atoms with Crippen molar-refractivity contribution in [2.24, 2.45) is 0 Å². The molecule has 0 heterocycles. The number of hydrogen-bond donors (Lipinski definition) is 0. The molecular weight excluding hydrogens is 462 g/mol. The van der Waals surface area contributed by atoms with E-state index in [4.69, 9.17) is 0 Å². The Bertz CT molecular complexity index is 886. The number of nitro benzene ring substituents is 3. The summed E-state index contributed by atoms with van der Waals surface area (Å²) in [5.74, 6) is 0. The first-order valence-corrected chi connectivity index (χ1v) is 13.3. The van der Waals surface area contributed by atoms with E-state index in [0.717, 1.165) is 10.5 Å². The number of hydrogen-bond acceptors (Lipinski definition) is 10. The summed E-state index contributed by atoms with van der Waals surface area (Å²) in [6.07, 6.45) is 13.0. The van der Waals surface area contributed by atoms with Crippen molar-refractivity contribution in [3.63, 3.8) is 0 Å². The van der Waals surface area contributed by atoms with E-state index in [0.29, 0.717) is 10.9 Å². The van der Waals surface area contributed by atoms with E-state index in [2.05, 4.69) is 30.5 Å². The first kappa shape index (κ1) is 26.1. The van der Waals surface area contributed by atoms with Crippen molar-refractivity contribution in [3.05, 3.63) is 42.5 Å². The first-order chi connectivity index (χ1) is 13.8. The molecule has 2 rings (SSSR count). The third kappa shape index (κ3) is 6.78. The molecule has 30 heavy (non-hydrogen) atoms. The summed E-state index contributed by atoms with van der Waals surface area (Å²) in [7, 11) is -4.91. The van der Waals surface area contributed by atoms with Crippen LogP contribution in [0.5, 0.6) is 0 Å². The van der Waals surface area contributed by atoms with Crippen molar-refractivity contribution in [3.8, 4) is 0 Å². The smallest absolute Gasteiger partial charge is 0.300 e. The van der Waals surface area contributed by atoms with Gasteiger partial charge in [0.25, 0.3) is 5.69 Å². The lowest BCUT2D eigenvalue weighted by atomic mass is 10.00. The Morgan fingerprint density at radius 2 is 1.43 bits per heavy atom. The molecule has 2 unspecified atom stereocenters. The Morgan fingerprint density at radius 3 is 1.73 bits per heavy atom. The average Bonchev–Trinajstić information content (AvgIpc) is 2.66. The Kier molecular flexibility index (Phi) is 9.45. The van der Waals surface area contributed by atoms with Gasteiger partial charge >= 0.3 is 11.4 Å². The van der Waals surface area contributed by atoms with Crippen molar-refractivity contribution in [2.45, 2.75) is 41.1 Å². The van der Waals surface area contributed by atoms with Crippen LogP contribution in [0.25, 0.3) is 0 Å². The van der Waals surface area contributed by atoms with Gasteiger partial charge in [0.1, 0.15) is 15.4 Å². The molecule has 168 valence electrons. The van der Waals surface area contributed by atoms with E-state index in [1.807, 2.05) is 0 Å². The Labute approximate surface area is 180 Å². The highest BCUT2D eigenvalue weighted by Crippen LogP contribution is 2.36. The van der Waals surface area contributed by atoms with Gasteiger partial charge in [0.15, 0.2) is 0 Å². The molecule has 15 heteroatoms. The van der Waals surface area contributed by atoms with Crippen LogP contribution in [-0.2, 0) is 21.0 Å². The lowest BCUT2D eigenvalue weighted by molar-refractivity contribution is -0.407. The number of nitro groups is 3. The summed E-state index contributed by atoms with van der Waals surface area (Å²) in [4.78, 5) is 25.8. The highest BCUT2D eigenvalue weighted by molar-refractivity contribution is 8.01. The molecule has 1 fully saturated rings. The summed E-state index contributed by atoms with van der Waals surface area (Å²) in [6.45, 7) is 0. The summed E-state index contributed by atoms with van der Waals surface area (Å²) >= 11 is 2.09. The molecule has 2 atom stereocenters. The standard InChI is InChI=1S/C9H19S2.C6H3N3O9S/c1-10-8-6-4-5-7-9(8)11(2)3;10-7(11)3-1-4(8(12)13)6(19(16,17)18)5(2-3)9(14)15/h8-9H,4-7H2,1-3H3;1-2H,(H,16,17,18)/q+1;/p-1. The predicted molar refractivity (Wildman–Crippen MR) is 113 cm³/mol. The van der Waals surface area contributed by atoms with E-state index in [1.165, 1.54) is 25.7 Å². The monoisotopic (exact) mass is 483 g/mol. The molecule has 1 aromatic carbocycles. The van der Waals surface area contributed by atoms with Crippen molar-refractivity contribution in [1.82, 2.24) is 0 Å². The van der Waals surface area contributed by atoms with Crippen LogP contribution >= 0.6 is 11.8 Å². The Morgan fingerprint density at radius 1 is 0.967 bits per heavy atom. The second-order valence-corrected chi connectivity index (χ2v) is 11.3. The number of thioether (sulfide) groups is 1. The van der Waals surface area contributed by atoms with Gasteiger partial charge in [-0.3, -0.25) is 30.3 Å². The number of rotatable bonds is 6. The van der Waals surface area contributed by atoms with E-state index in [-0.39, 0.29) is 12.1 Å². The summed E-state index contributed by atoms with van der Waals surface area (Å²) in [5, 5.41) is 33.6. The van der Waals surface area contributed by atoms with Crippen molar-refractivity contribution in [2.75, 3.05) is 18.8 Å². The molecule has 0 amide bonds. The van der Waals surface area contributed by atoms with E-state index >= 15 is 0 Å². The molecule has 0 aromatic heterocycles. The van der Waals surface area contributed by atoms with E-state index < -0.39 is 46.8 Å². The SMILES string of the molecule is CSC1CCCCC1[S+](C)C.O=[N+]([O-])c1cc([N+](=O)[O-])c(S(=O)(=O)[O-])c([N+](=O)[O-])c1. The topological polar surface area (TPSA) is 187 Å². The zero-order valence-corrected chi connectivity index (χ0v) is 18.8. The van der Waals surface area contributed by atoms with Crippen molar-refractivity contribution >= 4 is 49.8 Å². The largest absolute Gasteiger partial charge is 0.744 e. The molecule has 1 aromatic rings. The summed E-state index contributed by atoms with van der Waals surface area (Å²) in [5.41, 5.74) is -4.11. The molecule has 0 radical (unpaired) electrons. The first-order valence-electron chi connectivity index (χ1n) is 8.47. The predicted octanol–water partition coefficient (Wildman–Crippen LogP) is 2.85. The lowest BCUT2D eigenvalue weighted by Gasteiger charge is -2.27. The molecule has 0 bridgehead atoms. The highest BCUT2D eigenvalue weighted by atomic mass is 32.2. The van der Waals surface area contributed by atoms with Crippen LogP contribution in [0.1, 0.15) is 25.7 Å². The summed E-state index contributed by atoms with van der Waals surface area (Å²) < 4.78 is 32.5. The zero-order valence-electron chi connectivity index (χ0n) is 16.4. The molecule has 0 aliphatic heterocycles. The molecule has 12 nitrogen and oxygen atoms in total. The fraction of sp³-hybridized carbons (Fsp3) is 0.600. The van der Waals surface area contributed by atoms with Gasteiger partial charge in [0, 0.05) is 0 Å². The van der Waals surface area contributed by atoms with Gasteiger partial charge in [-0.1, -0.05) is 6.42 Å². The third-order valence-electron chi connectivity index (χ3n) is 4.44. The quantitative estimate of drug-likeness (QED) is 0.252. The average molecular weight is 484 g/mol. The maximum absolute atomic E-state index is 10.8. The fourth-order valence-electron chi connectivity index (χ4n) is 3.09. The van der Waals surface area contributed by atoms with Crippen LogP contribution in [0.2, 0.25) is 0 Å². The summed E-state index contributed by atoms with van der Waals surface area (Å²) in [6, 6.07) is 0.329. The van der Waals surface area contributed by atoms with Crippen molar-refractivity contribution < 1.29 is 27.7 Å². The lowest BCUT2D eigenvalue weighted by Crippen LogP contribution is -2.33. The molecule has 0 N–H and O–H groups in total. The number of benzene rings is 1. The van der Waals surface area contributed by atoms with Gasteiger partial charge in [0.2, 0.25) is 4.90 Å². The van der Waals surface area contributed by atoms with Gasteiger partial charge < -0.3 is 4.55 Å². The zero-order chi connectivity index (χ0) is 23.2. The minimum Gasteiger partial charge on any atom is -0.744 e. The van der Waals surface area contributed by atoms with Crippen LogP contribution in [0.3, 0.4) is 0 Å². The van der Waals surface area contributed by atoms with Gasteiger partial charge in [-0.25, -0.2) is 8.42 Å². The minimum absolute atomic E-state index is 0.164. The minimum atomic E-state index is -5.55.